The highest BCUT2D eigenvalue weighted by molar-refractivity contribution is 5.97. The second kappa shape index (κ2) is 5.03. The fraction of sp³-hybridized carbons (Fsp3) is 0.467. The standard InChI is InChI=1S/C15H20N2O2/c1-15(2,3)14(19)16-11-9-13(18)17(10-11)12-7-5-4-6-8-12/h4-8,11H,9-10H2,1-3H3,(H,16,19)/t11-/m0/s1. The summed E-state index contributed by atoms with van der Waals surface area (Å²) in [5.74, 6) is 0.0469. The maximum Gasteiger partial charge on any atom is 0.229 e. The van der Waals surface area contributed by atoms with Gasteiger partial charge in [0, 0.05) is 24.1 Å². The zero-order valence-electron chi connectivity index (χ0n) is 11.6. The monoisotopic (exact) mass is 260 g/mol. The fourth-order valence-corrected chi connectivity index (χ4v) is 2.06. The van der Waals surface area contributed by atoms with Gasteiger partial charge < -0.3 is 10.2 Å². The van der Waals surface area contributed by atoms with E-state index in [-0.39, 0.29) is 17.9 Å². The quantitative estimate of drug-likeness (QED) is 0.883. The smallest absolute Gasteiger partial charge is 0.229 e. The van der Waals surface area contributed by atoms with Gasteiger partial charge in [-0.25, -0.2) is 0 Å². The van der Waals surface area contributed by atoms with E-state index >= 15 is 0 Å². The van der Waals surface area contributed by atoms with E-state index in [2.05, 4.69) is 5.32 Å². The SMILES string of the molecule is CC(C)(C)C(=O)N[C@H]1CC(=O)N(c2ccccc2)C1. The number of carbonyl (C=O) groups is 2. The lowest BCUT2D eigenvalue weighted by Crippen LogP contribution is -2.43. The van der Waals surface area contributed by atoms with Crippen LogP contribution in [-0.4, -0.2) is 24.4 Å². The summed E-state index contributed by atoms with van der Waals surface area (Å²) in [5, 5.41) is 2.95. The van der Waals surface area contributed by atoms with E-state index in [0.29, 0.717) is 13.0 Å². The molecule has 1 aliphatic rings. The summed E-state index contributed by atoms with van der Waals surface area (Å²) < 4.78 is 0. The lowest BCUT2D eigenvalue weighted by molar-refractivity contribution is -0.129. The highest BCUT2D eigenvalue weighted by atomic mass is 16.2. The molecule has 1 fully saturated rings. The van der Waals surface area contributed by atoms with Crippen LogP contribution in [0.15, 0.2) is 30.3 Å². The van der Waals surface area contributed by atoms with Crippen molar-refractivity contribution in [3.8, 4) is 0 Å². The molecule has 4 nitrogen and oxygen atoms in total. The van der Waals surface area contributed by atoms with Crippen LogP contribution in [0.4, 0.5) is 5.69 Å². The first-order valence-corrected chi connectivity index (χ1v) is 6.54. The van der Waals surface area contributed by atoms with Crippen LogP contribution in [0.2, 0.25) is 0 Å². The average Bonchev–Trinajstić information content (AvgIpc) is 2.70. The van der Waals surface area contributed by atoms with Gasteiger partial charge in [-0.2, -0.15) is 0 Å². The molecule has 1 aliphatic heterocycles. The number of hydrogen-bond donors (Lipinski definition) is 1. The second-order valence-electron chi connectivity index (χ2n) is 5.96. The third kappa shape index (κ3) is 3.13. The van der Waals surface area contributed by atoms with Crippen molar-refractivity contribution in [2.24, 2.45) is 5.41 Å². The van der Waals surface area contributed by atoms with Crippen molar-refractivity contribution >= 4 is 17.5 Å². The zero-order chi connectivity index (χ0) is 14.0. The van der Waals surface area contributed by atoms with E-state index in [1.807, 2.05) is 51.1 Å². The van der Waals surface area contributed by atoms with Gasteiger partial charge in [0.05, 0.1) is 6.04 Å². The number of rotatable bonds is 2. The molecule has 1 heterocycles. The summed E-state index contributed by atoms with van der Waals surface area (Å²) in [5.41, 5.74) is 0.462. The highest BCUT2D eigenvalue weighted by Crippen LogP contribution is 2.22. The van der Waals surface area contributed by atoms with Crippen LogP contribution in [0, 0.1) is 5.41 Å². The van der Waals surface area contributed by atoms with E-state index < -0.39 is 5.41 Å². The minimum atomic E-state index is -0.427. The minimum absolute atomic E-state index is 0.0137. The van der Waals surface area contributed by atoms with Crippen molar-refractivity contribution < 1.29 is 9.59 Å². The van der Waals surface area contributed by atoms with Crippen LogP contribution in [0.3, 0.4) is 0 Å². The van der Waals surface area contributed by atoms with Crippen molar-refractivity contribution in [2.45, 2.75) is 33.2 Å². The van der Waals surface area contributed by atoms with Crippen LogP contribution in [0.25, 0.3) is 0 Å². The zero-order valence-corrected chi connectivity index (χ0v) is 11.6. The van der Waals surface area contributed by atoms with Crippen LogP contribution in [-0.2, 0) is 9.59 Å². The van der Waals surface area contributed by atoms with Gasteiger partial charge >= 0.3 is 0 Å². The van der Waals surface area contributed by atoms with Crippen molar-refractivity contribution in [3.05, 3.63) is 30.3 Å². The second-order valence-corrected chi connectivity index (χ2v) is 5.96. The molecule has 19 heavy (non-hydrogen) atoms. The largest absolute Gasteiger partial charge is 0.351 e. The molecule has 0 spiro atoms. The predicted molar refractivity (Wildman–Crippen MR) is 74.8 cm³/mol. The van der Waals surface area contributed by atoms with Gasteiger partial charge in [0.25, 0.3) is 0 Å². The topological polar surface area (TPSA) is 49.4 Å². The molecule has 0 saturated carbocycles. The fourth-order valence-electron chi connectivity index (χ4n) is 2.06. The molecule has 1 N–H and O–H groups in total. The van der Waals surface area contributed by atoms with E-state index in [1.54, 1.807) is 4.90 Å². The summed E-state index contributed by atoms with van der Waals surface area (Å²) in [7, 11) is 0. The van der Waals surface area contributed by atoms with E-state index in [0.717, 1.165) is 5.69 Å². The Morgan fingerprint density at radius 2 is 1.89 bits per heavy atom. The predicted octanol–water partition coefficient (Wildman–Crippen LogP) is 1.95. The number of benzene rings is 1. The summed E-state index contributed by atoms with van der Waals surface area (Å²) in [6.45, 7) is 6.15. The van der Waals surface area contributed by atoms with Gasteiger partial charge in [-0.05, 0) is 12.1 Å². The van der Waals surface area contributed by atoms with Gasteiger partial charge in [0.1, 0.15) is 0 Å². The molecule has 4 heteroatoms. The number of carbonyl (C=O) groups excluding carboxylic acids is 2. The molecule has 1 saturated heterocycles. The molecule has 0 aliphatic carbocycles. The summed E-state index contributed by atoms with van der Waals surface area (Å²) >= 11 is 0. The van der Waals surface area contributed by atoms with Gasteiger partial charge in [0.2, 0.25) is 11.8 Å². The summed E-state index contributed by atoms with van der Waals surface area (Å²) in [6, 6.07) is 9.45. The normalized spacial score (nSPS) is 19.6. The van der Waals surface area contributed by atoms with Gasteiger partial charge in [-0.15, -0.1) is 0 Å². The Bertz CT molecular complexity index is 477. The van der Waals surface area contributed by atoms with Crippen molar-refractivity contribution in [1.82, 2.24) is 5.32 Å². The Balaban J connectivity index is 2.02. The number of hydrogen-bond acceptors (Lipinski definition) is 2. The molecule has 0 aromatic heterocycles. The average molecular weight is 260 g/mol. The number of anilines is 1. The molecule has 1 aromatic carbocycles. The number of para-hydroxylation sites is 1. The molecule has 1 atom stereocenters. The number of nitrogens with zero attached hydrogens (tertiary/aromatic N) is 1. The molecule has 0 radical (unpaired) electrons. The number of nitrogens with one attached hydrogen (secondary N) is 1. The molecule has 2 amide bonds. The van der Waals surface area contributed by atoms with Crippen LogP contribution in [0.1, 0.15) is 27.2 Å². The lowest BCUT2D eigenvalue weighted by Gasteiger charge is -2.21. The third-order valence-electron chi connectivity index (χ3n) is 3.21. The van der Waals surface area contributed by atoms with Gasteiger partial charge in [-0.1, -0.05) is 39.0 Å². The van der Waals surface area contributed by atoms with Crippen molar-refractivity contribution in [3.63, 3.8) is 0 Å². The van der Waals surface area contributed by atoms with Crippen LogP contribution < -0.4 is 10.2 Å². The lowest BCUT2D eigenvalue weighted by atomic mass is 9.95. The van der Waals surface area contributed by atoms with Crippen molar-refractivity contribution in [1.29, 1.82) is 0 Å². The third-order valence-corrected chi connectivity index (χ3v) is 3.21. The summed E-state index contributed by atoms with van der Waals surface area (Å²) in [6.07, 6.45) is 0.372. The molecular weight excluding hydrogens is 240 g/mol. The highest BCUT2D eigenvalue weighted by Gasteiger charge is 2.33. The molecule has 2 rings (SSSR count). The first-order valence-electron chi connectivity index (χ1n) is 6.54. The maximum absolute atomic E-state index is 12.0. The molecule has 102 valence electrons. The molecule has 0 unspecified atom stereocenters. The Morgan fingerprint density at radius 3 is 2.47 bits per heavy atom. The molecule has 0 bridgehead atoms. The van der Waals surface area contributed by atoms with E-state index in [9.17, 15) is 9.59 Å². The maximum atomic E-state index is 12.0. The Kier molecular flexibility index (Phi) is 3.60. The van der Waals surface area contributed by atoms with Crippen molar-refractivity contribution in [2.75, 3.05) is 11.4 Å². The Hall–Kier alpha value is -1.84. The first kappa shape index (κ1) is 13.6. The Morgan fingerprint density at radius 1 is 1.26 bits per heavy atom. The van der Waals surface area contributed by atoms with Crippen LogP contribution >= 0.6 is 0 Å². The molecular formula is C15H20N2O2. The van der Waals surface area contributed by atoms with Crippen LogP contribution in [0.5, 0.6) is 0 Å². The van der Waals surface area contributed by atoms with Gasteiger partial charge in [-0.3, -0.25) is 9.59 Å². The minimum Gasteiger partial charge on any atom is -0.351 e. The first-order chi connectivity index (χ1) is 8.88. The number of amides is 2. The summed E-state index contributed by atoms with van der Waals surface area (Å²) in [4.78, 5) is 25.7. The Labute approximate surface area is 113 Å². The van der Waals surface area contributed by atoms with E-state index in [1.165, 1.54) is 0 Å². The van der Waals surface area contributed by atoms with Gasteiger partial charge in [0.15, 0.2) is 0 Å². The van der Waals surface area contributed by atoms with E-state index in [4.69, 9.17) is 0 Å². The molecule has 1 aromatic rings.